The van der Waals surface area contributed by atoms with Gasteiger partial charge in [-0.3, -0.25) is 4.68 Å². The maximum absolute atomic E-state index is 10.6. The van der Waals surface area contributed by atoms with Gasteiger partial charge in [0, 0.05) is 18.7 Å². The molecule has 3 heteroatoms. The van der Waals surface area contributed by atoms with Crippen molar-refractivity contribution >= 4 is 0 Å². The monoisotopic (exact) mass is 264 g/mol. The first-order valence-corrected chi connectivity index (χ1v) is 7.62. The van der Waals surface area contributed by atoms with Crippen molar-refractivity contribution in [3.63, 3.8) is 0 Å². The topological polar surface area (TPSA) is 38.0 Å². The molecular formula is C16H28N2O. The van der Waals surface area contributed by atoms with E-state index < -0.39 is 0 Å². The van der Waals surface area contributed by atoms with Crippen LogP contribution in [0.4, 0.5) is 0 Å². The summed E-state index contributed by atoms with van der Waals surface area (Å²) in [7, 11) is 0. The maximum atomic E-state index is 10.6. The lowest BCUT2D eigenvalue weighted by Crippen LogP contribution is -2.38. The second-order valence-electron chi connectivity index (χ2n) is 6.99. The van der Waals surface area contributed by atoms with E-state index in [1.807, 2.05) is 16.9 Å². The zero-order valence-corrected chi connectivity index (χ0v) is 12.8. The van der Waals surface area contributed by atoms with E-state index in [0.29, 0.717) is 18.4 Å². The van der Waals surface area contributed by atoms with Gasteiger partial charge >= 0.3 is 0 Å². The van der Waals surface area contributed by atoms with Crippen molar-refractivity contribution < 1.29 is 5.11 Å². The zero-order chi connectivity index (χ0) is 14.0. The van der Waals surface area contributed by atoms with Crippen LogP contribution in [0.25, 0.3) is 0 Å². The third-order valence-electron chi connectivity index (χ3n) is 4.67. The van der Waals surface area contributed by atoms with E-state index in [2.05, 4.69) is 32.8 Å². The summed E-state index contributed by atoms with van der Waals surface area (Å²) in [6, 6.07) is 2.43. The Morgan fingerprint density at radius 3 is 2.74 bits per heavy atom. The highest BCUT2D eigenvalue weighted by atomic mass is 16.3. The van der Waals surface area contributed by atoms with E-state index in [0.717, 1.165) is 12.1 Å². The summed E-state index contributed by atoms with van der Waals surface area (Å²) >= 11 is 0. The first-order valence-electron chi connectivity index (χ1n) is 7.62. The highest BCUT2D eigenvalue weighted by Crippen LogP contribution is 2.42. The van der Waals surface area contributed by atoms with E-state index >= 15 is 0 Å². The SMILES string of the molecule is CC(C)n1ccc(CC(O)C2CCCCC2(C)C)n1. The summed E-state index contributed by atoms with van der Waals surface area (Å²) in [4.78, 5) is 0. The molecule has 1 aromatic rings. The summed E-state index contributed by atoms with van der Waals surface area (Å²) in [5.41, 5.74) is 1.28. The van der Waals surface area contributed by atoms with Gasteiger partial charge in [-0.15, -0.1) is 0 Å². The van der Waals surface area contributed by atoms with Gasteiger partial charge in [0.1, 0.15) is 0 Å². The second kappa shape index (κ2) is 5.66. The number of nitrogens with zero attached hydrogens (tertiary/aromatic N) is 2. The van der Waals surface area contributed by atoms with E-state index in [1.165, 1.54) is 19.3 Å². The van der Waals surface area contributed by atoms with Crippen LogP contribution in [0, 0.1) is 11.3 Å². The molecule has 1 aliphatic carbocycles. The van der Waals surface area contributed by atoms with Gasteiger partial charge in [0.15, 0.2) is 0 Å². The van der Waals surface area contributed by atoms with Crippen LogP contribution in [0.3, 0.4) is 0 Å². The molecule has 1 saturated carbocycles. The van der Waals surface area contributed by atoms with E-state index in [4.69, 9.17) is 0 Å². The van der Waals surface area contributed by atoms with Gasteiger partial charge in [0.05, 0.1) is 11.8 Å². The Bertz CT molecular complexity index is 409. The average Bonchev–Trinajstić information content (AvgIpc) is 2.76. The highest BCUT2D eigenvalue weighted by molar-refractivity contribution is 5.03. The molecule has 0 aliphatic heterocycles. The van der Waals surface area contributed by atoms with Gasteiger partial charge in [-0.1, -0.05) is 26.7 Å². The van der Waals surface area contributed by atoms with Crippen molar-refractivity contribution in [1.29, 1.82) is 0 Å². The molecule has 0 bridgehead atoms. The zero-order valence-electron chi connectivity index (χ0n) is 12.8. The Labute approximate surface area is 117 Å². The number of hydrogen-bond acceptors (Lipinski definition) is 2. The minimum absolute atomic E-state index is 0.259. The number of aliphatic hydroxyl groups excluding tert-OH is 1. The standard InChI is InChI=1S/C16H28N2O/c1-12(2)18-10-8-13(17-18)11-15(19)14-7-5-6-9-16(14,3)4/h8,10,12,14-15,19H,5-7,9,11H2,1-4H3. The smallest absolute Gasteiger partial charge is 0.0650 e. The van der Waals surface area contributed by atoms with Crippen LogP contribution in [-0.4, -0.2) is 21.0 Å². The van der Waals surface area contributed by atoms with Gasteiger partial charge in [0.25, 0.3) is 0 Å². The van der Waals surface area contributed by atoms with Crippen LogP contribution < -0.4 is 0 Å². The lowest BCUT2D eigenvalue weighted by Gasteiger charge is -2.41. The normalized spacial score (nSPS) is 24.6. The molecule has 1 aliphatic rings. The van der Waals surface area contributed by atoms with Crippen molar-refractivity contribution in [3.8, 4) is 0 Å². The number of aliphatic hydroxyl groups is 1. The van der Waals surface area contributed by atoms with Gasteiger partial charge in [-0.25, -0.2) is 0 Å². The Morgan fingerprint density at radius 1 is 1.42 bits per heavy atom. The summed E-state index contributed by atoms with van der Waals surface area (Å²) in [6.07, 6.45) is 7.38. The molecule has 0 amide bonds. The third kappa shape index (κ3) is 3.38. The third-order valence-corrected chi connectivity index (χ3v) is 4.67. The van der Waals surface area contributed by atoms with Gasteiger partial charge < -0.3 is 5.11 Å². The van der Waals surface area contributed by atoms with Crippen molar-refractivity contribution in [2.45, 2.75) is 71.9 Å². The van der Waals surface area contributed by atoms with Crippen LogP contribution in [0.15, 0.2) is 12.3 Å². The van der Waals surface area contributed by atoms with Crippen molar-refractivity contribution in [2.24, 2.45) is 11.3 Å². The molecule has 0 spiro atoms. The first kappa shape index (κ1) is 14.6. The quantitative estimate of drug-likeness (QED) is 0.902. The molecule has 2 atom stereocenters. The molecule has 1 heterocycles. The lowest BCUT2D eigenvalue weighted by atomic mass is 9.66. The molecule has 1 N–H and O–H groups in total. The van der Waals surface area contributed by atoms with Crippen LogP contribution in [0.2, 0.25) is 0 Å². The van der Waals surface area contributed by atoms with Crippen molar-refractivity contribution in [2.75, 3.05) is 0 Å². The average molecular weight is 264 g/mol. The predicted octanol–water partition coefficient (Wildman–Crippen LogP) is 3.58. The Balaban J connectivity index is 2.01. The Morgan fingerprint density at radius 2 is 2.16 bits per heavy atom. The summed E-state index contributed by atoms with van der Waals surface area (Å²) in [6.45, 7) is 8.84. The van der Waals surface area contributed by atoms with Gasteiger partial charge in [0.2, 0.25) is 0 Å². The molecule has 0 radical (unpaired) electrons. The first-order chi connectivity index (χ1) is 8.90. The number of hydrogen-bond donors (Lipinski definition) is 1. The molecule has 108 valence electrons. The molecular weight excluding hydrogens is 236 g/mol. The van der Waals surface area contributed by atoms with Crippen LogP contribution in [0.1, 0.15) is 65.1 Å². The summed E-state index contributed by atoms with van der Waals surface area (Å²) in [5, 5.41) is 15.1. The molecule has 19 heavy (non-hydrogen) atoms. The van der Waals surface area contributed by atoms with Crippen LogP contribution in [-0.2, 0) is 6.42 Å². The van der Waals surface area contributed by atoms with Gasteiger partial charge in [-0.05, 0) is 44.1 Å². The largest absolute Gasteiger partial charge is 0.392 e. The number of rotatable bonds is 4. The number of aromatic nitrogens is 2. The molecule has 0 aromatic carbocycles. The van der Waals surface area contributed by atoms with Gasteiger partial charge in [-0.2, -0.15) is 5.10 Å². The summed E-state index contributed by atoms with van der Waals surface area (Å²) < 4.78 is 1.97. The van der Waals surface area contributed by atoms with Crippen LogP contribution >= 0.6 is 0 Å². The Hall–Kier alpha value is -0.830. The predicted molar refractivity (Wildman–Crippen MR) is 78.1 cm³/mol. The minimum Gasteiger partial charge on any atom is -0.392 e. The van der Waals surface area contributed by atoms with Crippen molar-refractivity contribution in [3.05, 3.63) is 18.0 Å². The molecule has 3 nitrogen and oxygen atoms in total. The van der Waals surface area contributed by atoms with Crippen molar-refractivity contribution in [1.82, 2.24) is 9.78 Å². The van der Waals surface area contributed by atoms with E-state index in [-0.39, 0.29) is 11.5 Å². The molecule has 1 fully saturated rings. The minimum atomic E-state index is -0.259. The Kier molecular flexibility index (Phi) is 4.34. The highest BCUT2D eigenvalue weighted by Gasteiger charge is 2.36. The summed E-state index contributed by atoms with van der Waals surface area (Å²) in [5.74, 6) is 0.408. The van der Waals surface area contributed by atoms with E-state index in [1.54, 1.807) is 0 Å². The molecule has 1 aromatic heterocycles. The fourth-order valence-electron chi connectivity index (χ4n) is 3.36. The fraction of sp³-hybridized carbons (Fsp3) is 0.812. The van der Waals surface area contributed by atoms with E-state index in [9.17, 15) is 5.11 Å². The lowest BCUT2D eigenvalue weighted by molar-refractivity contribution is 0.00523. The fourth-order valence-corrected chi connectivity index (χ4v) is 3.36. The maximum Gasteiger partial charge on any atom is 0.0650 e. The molecule has 2 rings (SSSR count). The molecule has 2 unspecified atom stereocenters. The molecule has 0 saturated heterocycles. The second-order valence-corrected chi connectivity index (χ2v) is 6.99. The van der Waals surface area contributed by atoms with Crippen LogP contribution in [0.5, 0.6) is 0 Å².